The van der Waals surface area contributed by atoms with Gasteiger partial charge in [-0.2, -0.15) is 0 Å². The molecule has 2 aromatic rings. The Balaban J connectivity index is 2.36. The van der Waals surface area contributed by atoms with Crippen molar-refractivity contribution >= 4 is 21.9 Å². The molecule has 88 valence electrons. The van der Waals surface area contributed by atoms with Gasteiger partial charge in [-0.05, 0) is 24.6 Å². The second-order valence-corrected chi connectivity index (χ2v) is 4.22. The molecule has 4 nitrogen and oxygen atoms in total. The van der Waals surface area contributed by atoms with E-state index in [1.165, 1.54) is 6.26 Å². The lowest BCUT2D eigenvalue weighted by atomic mass is 10.1. The second-order valence-electron chi connectivity index (χ2n) is 3.30. The maximum absolute atomic E-state index is 11.6. The van der Waals surface area contributed by atoms with Crippen molar-refractivity contribution in [3.63, 3.8) is 0 Å². The molecule has 2 rings (SSSR count). The van der Waals surface area contributed by atoms with Crippen molar-refractivity contribution in [1.29, 1.82) is 0 Å². The second kappa shape index (κ2) is 5.14. The molecule has 0 amide bonds. The van der Waals surface area contributed by atoms with Crippen molar-refractivity contribution in [2.45, 2.75) is 6.92 Å². The van der Waals surface area contributed by atoms with Gasteiger partial charge in [0.2, 0.25) is 0 Å². The molecule has 0 saturated heterocycles. The van der Waals surface area contributed by atoms with E-state index in [2.05, 4.69) is 21.1 Å². The summed E-state index contributed by atoms with van der Waals surface area (Å²) in [4.78, 5) is 11.6. The Morgan fingerprint density at radius 2 is 2.12 bits per heavy atom. The number of esters is 1. The van der Waals surface area contributed by atoms with E-state index in [9.17, 15) is 4.79 Å². The molecular formula is C12H10BrNO3. The Morgan fingerprint density at radius 1 is 1.41 bits per heavy atom. The molecule has 0 aliphatic rings. The Labute approximate surface area is 107 Å². The van der Waals surface area contributed by atoms with Gasteiger partial charge in [-0.25, -0.2) is 4.79 Å². The number of aromatic nitrogens is 1. The molecule has 1 aromatic carbocycles. The van der Waals surface area contributed by atoms with Crippen LogP contribution in [0.15, 0.2) is 39.5 Å². The number of carbonyl (C=O) groups excluding carboxylic acids is 1. The van der Waals surface area contributed by atoms with E-state index < -0.39 is 5.97 Å². The third kappa shape index (κ3) is 2.55. The summed E-state index contributed by atoms with van der Waals surface area (Å²) >= 11 is 3.35. The van der Waals surface area contributed by atoms with Gasteiger partial charge in [0.1, 0.15) is 6.26 Å². The number of halogens is 1. The zero-order valence-corrected chi connectivity index (χ0v) is 10.7. The number of rotatable bonds is 3. The highest BCUT2D eigenvalue weighted by Gasteiger charge is 2.18. The van der Waals surface area contributed by atoms with Gasteiger partial charge >= 0.3 is 5.97 Å². The molecule has 0 unspecified atom stereocenters. The number of nitrogens with zero attached hydrogens (tertiary/aromatic N) is 1. The number of hydrogen-bond acceptors (Lipinski definition) is 4. The first-order valence-electron chi connectivity index (χ1n) is 5.09. The fraction of sp³-hybridized carbons (Fsp3) is 0.167. The summed E-state index contributed by atoms with van der Waals surface area (Å²) < 4.78 is 10.7. The van der Waals surface area contributed by atoms with Gasteiger partial charge in [-0.3, -0.25) is 0 Å². The molecule has 0 radical (unpaired) electrons. The minimum Gasteiger partial charge on any atom is -0.461 e. The number of benzene rings is 1. The monoisotopic (exact) mass is 295 g/mol. The lowest BCUT2D eigenvalue weighted by Crippen LogP contribution is -2.06. The van der Waals surface area contributed by atoms with E-state index >= 15 is 0 Å². The fourth-order valence-corrected chi connectivity index (χ4v) is 1.68. The van der Waals surface area contributed by atoms with Crippen LogP contribution < -0.4 is 0 Å². The van der Waals surface area contributed by atoms with E-state index in [0.29, 0.717) is 12.2 Å². The zero-order chi connectivity index (χ0) is 12.3. The van der Waals surface area contributed by atoms with Gasteiger partial charge in [-0.15, -0.1) is 0 Å². The van der Waals surface area contributed by atoms with Gasteiger partial charge in [-0.1, -0.05) is 33.2 Å². The van der Waals surface area contributed by atoms with Crippen molar-refractivity contribution in [3.05, 3.63) is 40.7 Å². The normalized spacial score (nSPS) is 10.2. The van der Waals surface area contributed by atoms with Crippen LogP contribution in [0.1, 0.15) is 17.4 Å². The van der Waals surface area contributed by atoms with Gasteiger partial charge in [0.15, 0.2) is 5.69 Å². The molecule has 0 saturated carbocycles. The molecule has 0 N–H and O–H groups in total. The van der Waals surface area contributed by atoms with Crippen molar-refractivity contribution in [3.8, 4) is 11.1 Å². The largest absolute Gasteiger partial charge is 0.461 e. The van der Waals surface area contributed by atoms with Crippen LogP contribution in [-0.2, 0) is 4.74 Å². The van der Waals surface area contributed by atoms with E-state index in [4.69, 9.17) is 9.26 Å². The van der Waals surface area contributed by atoms with Gasteiger partial charge < -0.3 is 9.26 Å². The third-order valence-electron chi connectivity index (χ3n) is 2.19. The molecule has 17 heavy (non-hydrogen) atoms. The Hall–Kier alpha value is -1.62. The molecule has 0 bridgehead atoms. The van der Waals surface area contributed by atoms with Crippen molar-refractivity contribution in [1.82, 2.24) is 5.16 Å². The summed E-state index contributed by atoms with van der Waals surface area (Å²) in [7, 11) is 0. The first-order valence-corrected chi connectivity index (χ1v) is 5.89. The minimum absolute atomic E-state index is 0.203. The van der Waals surface area contributed by atoms with Crippen LogP contribution >= 0.6 is 15.9 Å². The van der Waals surface area contributed by atoms with Crippen molar-refractivity contribution < 1.29 is 14.1 Å². The average Bonchev–Trinajstić information content (AvgIpc) is 2.79. The highest BCUT2D eigenvalue weighted by molar-refractivity contribution is 9.10. The SMILES string of the molecule is CCOC(=O)c1nocc1-c1ccc(Br)cc1. The topological polar surface area (TPSA) is 52.3 Å². The molecule has 1 aromatic heterocycles. The van der Waals surface area contributed by atoms with Crippen molar-refractivity contribution in [2.75, 3.05) is 6.61 Å². The lowest BCUT2D eigenvalue weighted by Gasteiger charge is -2.01. The summed E-state index contributed by atoms with van der Waals surface area (Å²) in [5.74, 6) is -0.473. The van der Waals surface area contributed by atoms with Crippen LogP contribution in [0.25, 0.3) is 11.1 Å². The highest BCUT2D eigenvalue weighted by Crippen LogP contribution is 2.25. The summed E-state index contributed by atoms with van der Waals surface area (Å²) in [5, 5.41) is 3.67. The third-order valence-corrected chi connectivity index (χ3v) is 2.72. The van der Waals surface area contributed by atoms with E-state index in [-0.39, 0.29) is 5.69 Å². The summed E-state index contributed by atoms with van der Waals surface area (Å²) in [5.41, 5.74) is 1.70. The molecule has 0 atom stereocenters. The van der Waals surface area contributed by atoms with Crippen molar-refractivity contribution in [2.24, 2.45) is 0 Å². The maximum atomic E-state index is 11.6. The smallest absolute Gasteiger partial charge is 0.361 e. The lowest BCUT2D eigenvalue weighted by molar-refractivity contribution is 0.0515. The summed E-state index contributed by atoms with van der Waals surface area (Å²) in [6.07, 6.45) is 1.44. The molecular weight excluding hydrogens is 286 g/mol. The standard InChI is InChI=1S/C12H10BrNO3/c1-2-16-12(15)11-10(7-17-14-11)8-3-5-9(13)6-4-8/h3-7H,2H2,1H3. The Bertz CT molecular complexity index is 519. The average molecular weight is 296 g/mol. The molecule has 1 heterocycles. The molecule has 0 fully saturated rings. The van der Waals surface area contributed by atoms with Crippen LogP contribution in [0.2, 0.25) is 0 Å². The van der Waals surface area contributed by atoms with Gasteiger partial charge in [0.05, 0.1) is 12.2 Å². The van der Waals surface area contributed by atoms with Crippen LogP contribution in [0, 0.1) is 0 Å². The minimum atomic E-state index is -0.473. The van der Waals surface area contributed by atoms with Crippen LogP contribution in [0.3, 0.4) is 0 Å². The van der Waals surface area contributed by atoms with E-state index in [1.807, 2.05) is 24.3 Å². The number of ether oxygens (including phenoxy) is 1. The summed E-state index contributed by atoms with van der Waals surface area (Å²) in [6.45, 7) is 2.06. The van der Waals surface area contributed by atoms with Crippen LogP contribution in [0.4, 0.5) is 0 Å². The maximum Gasteiger partial charge on any atom is 0.361 e. The zero-order valence-electron chi connectivity index (χ0n) is 9.14. The first kappa shape index (κ1) is 11.9. The van der Waals surface area contributed by atoms with Gasteiger partial charge in [0.25, 0.3) is 0 Å². The predicted octanol–water partition coefficient (Wildman–Crippen LogP) is 3.28. The van der Waals surface area contributed by atoms with Gasteiger partial charge in [0, 0.05) is 4.47 Å². The first-order chi connectivity index (χ1) is 8.22. The Kier molecular flexibility index (Phi) is 3.58. The number of carbonyl (C=O) groups is 1. The molecule has 0 aliphatic heterocycles. The Morgan fingerprint density at radius 3 is 2.76 bits per heavy atom. The van der Waals surface area contributed by atoms with E-state index in [1.54, 1.807) is 6.92 Å². The number of hydrogen-bond donors (Lipinski definition) is 0. The van der Waals surface area contributed by atoms with Crippen LogP contribution in [0.5, 0.6) is 0 Å². The molecule has 0 spiro atoms. The van der Waals surface area contributed by atoms with Crippen LogP contribution in [-0.4, -0.2) is 17.7 Å². The predicted molar refractivity (Wildman–Crippen MR) is 65.6 cm³/mol. The fourth-order valence-electron chi connectivity index (χ4n) is 1.42. The van der Waals surface area contributed by atoms with E-state index in [0.717, 1.165) is 10.0 Å². The molecule has 0 aliphatic carbocycles. The summed E-state index contributed by atoms with van der Waals surface area (Å²) in [6, 6.07) is 7.52. The quantitative estimate of drug-likeness (QED) is 0.816. The highest BCUT2D eigenvalue weighted by atomic mass is 79.9. The molecule has 5 heteroatoms.